The highest BCUT2D eigenvalue weighted by Crippen LogP contribution is 2.19. The van der Waals surface area contributed by atoms with Crippen LogP contribution in [0, 0.1) is 6.92 Å². The van der Waals surface area contributed by atoms with Crippen molar-refractivity contribution in [3.8, 4) is 0 Å². The molecular weight excluding hydrogens is 244 g/mol. The van der Waals surface area contributed by atoms with Gasteiger partial charge in [0.2, 0.25) is 5.91 Å². The highest BCUT2D eigenvalue weighted by Gasteiger charge is 2.01. The zero-order valence-electron chi connectivity index (χ0n) is 10.5. The molecule has 0 saturated heterocycles. The number of amides is 1. The molecule has 0 spiro atoms. The number of rotatable bonds is 4. The lowest BCUT2D eigenvalue weighted by atomic mass is 10.2. The Bertz CT molecular complexity index is 548. The normalized spacial score (nSPS) is 10.1. The van der Waals surface area contributed by atoms with Crippen LogP contribution in [0.2, 0.25) is 0 Å². The van der Waals surface area contributed by atoms with Crippen LogP contribution in [0.15, 0.2) is 35.7 Å². The summed E-state index contributed by atoms with van der Waals surface area (Å²) in [6.45, 7) is 4.43. The van der Waals surface area contributed by atoms with Gasteiger partial charge in [0, 0.05) is 29.7 Å². The van der Waals surface area contributed by atoms with E-state index in [4.69, 9.17) is 0 Å². The van der Waals surface area contributed by atoms with Crippen molar-refractivity contribution in [3.63, 3.8) is 0 Å². The monoisotopic (exact) mass is 260 g/mol. The summed E-state index contributed by atoms with van der Waals surface area (Å²) in [5.74, 6) is -0.0544. The Morgan fingerprint density at radius 2 is 2.06 bits per heavy atom. The lowest BCUT2D eigenvalue weighted by Crippen LogP contribution is -2.06. The summed E-state index contributed by atoms with van der Waals surface area (Å²) in [5.41, 5.74) is 3.13. The molecule has 0 aliphatic carbocycles. The van der Waals surface area contributed by atoms with Crippen LogP contribution in [0.5, 0.6) is 0 Å². The van der Waals surface area contributed by atoms with Crippen molar-refractivity contribution in [2.24, 2.45) is 0 Å². The van der Waals surface area contributed by atoms with E-state index in [1.165, 1.54) is 17.4 Å². The zero-order chi connectivity index (χ0) is 13.0. The van der Waals surface area contributed by atoms with Crippen molar-refractivity contribution >= 4 is 28.6 Å². The van der Waals surface area contributed by atoms with Crippen molar-refractivity contribution in [3.05, 3.63) is 46.2 Å². The predicted molar refractivity (Wildman–Crippen MR) is 77.1 cm³/mol. The topological polar surface area (TPSA) is 41.1 Å². The van der Waals surface area contributed by atoms with Gasteiger partial charge in [0.25, 0.3) is 0 Å². The number of carbonyl (C=O) groups excluding carboxylic acids is 1. The number of nitrogens with one attached hydrogen (secondary N) is 2. The van der Waals surface area contributed by atoms with Gasteiger partial charge in [-0.25, -0.2) is 0 Å². The van der Waals surface area contributed by atoms with E-state index in [-0.39, 0.29) is 5.91 Å². The minimum absolute atomic E-state index is 0.0544. The largest absolute Gasteiger partial charge is 0.380 e. The van der Waals surface area contributed by atoms with Gasteiger partial charge in [-0.05, 0) is 42.1 Å². The molecule has 0 aliphatic heterocycles. The van der Waals surface area contributed by atoms with Gasteiger partial charge in [-0.2, -0.15) is 0 Å². The molecule has 0 fully saturated rings. The Balaban J connectivity index is 2.01. The van der Waals surface area contributed by atoms with E-state index in [2.05, 4.69) is 29.0 Å². The number of hydrogen-bond donors (Lipinski definition) is 2. The number of benzene rings is 1. The third kappa shape index (κ3) is 3.34. The first-order valence-electron chi connectivity index (χ1n) is 5.79. The van der Waals surface area contributed by atoms with Gasteiger partial charge in [0.15, 0.2) is 0 Å². The van der Waals surface area contributed by atoms with Gasteiger partial charge in [-0.3, -0.25) is 4.79 Å². The number of aryl methyl sites for hydroxylation is 1. The summed E-state index contributed by atoms with van der Waals surface area (Å²) in [6, 6.07) is 9.85. The molecule has 4 heteroatoms. The van der Waals surface area contributed by atoms with Crippen LogP contribution >= 0.6 is 11.3 Å². The van der Waals surface area contributed by atoms with E-state index < -0.39 is 0 Å². The molecule has 2 rings (SSSR count). The van der Waals surface area contributed by atoms with Crippen LogP contribution in [0.1, 0.15) is 17.4 Å². The summed E-state index contributed by atoms with van der Waals surface area (Å²) in [5, 5.41) is 8.23. The first kappa shape index (κ1) is 12.6. The molecule has 3 nitrogen and oxygen atoms in total. The minimum Gasteiger partial charge on any atom is -0.380 e. The fourth-order valence-electron chi connectivity index (χ4n) is 1.68. The van der Waals surface area contributed by atoms with Gasteiger partial charge >= 0.3 is 0 Å². The number of thiophene rings is 1. The second-order valence-corrected chi connectivity index (χ2v) is 5.14. The van der Waals surface area contributed by atoms with Crippen molar-refractivity contribution in [2.75, 3.05) is 10.6 Å². The molecule has 1 aromatic carbocycles. The standard InChI is InChI=1S/C14H16N2OS/c1-10-6-7-18-14(10)9-15-12-4-3-5-13(8-12)16-11(2)17/h3-8,15H,9H2,1-2H3,(H,16,17). The van der Waals surface area contributed by atoms with Gasteiger partial charge in [-0.1, -0.05) is 6.07 Å². The fourth-order valence-corrected chi connectivity index (χ4v) is 2.52. The first-order chi connectivity index (χ1) is 8.65. The Morgan fingerprint density at radius 1 is 1.28 bits per heavy atom. The van der Waals surface area contributed by atoms with Crippen LogP contribution in [0.25, 0.3) is 0 Å². The smallest absolute Gasteiger partial charge is 0.221 e. The highest BCUT2D eigenvalue weighted by atomic mass is 32.1. The molecule has 1 aromatic heterocycles. The Kier molecular flexibility index (Phi) is 3.99. The van der Waals surface area contributed by atoms with Gasteiger partial charge in [0.05, 0.1) is 0 Å². The van der Waals surface area contributed by atoms with Crippen LogP contribution in [-0.2, 0) is 11.3 Å². The van der Waals surface area contributed by atoms with Crippen molar-refractivity contribution in [2.45, 2.75) is 20.4 Å². The number of hydrogen-bond acceptors (Lipinski definition) is 3. The molecule has 2 N–H and O–H groups in total. The molecule has 0 bridgehead atoms. The molecule has 94 valence electrons. The van der Waals surface area contributed by atoms with Crippen molar-refractivity contribution in [1.82, 2.24) is 0 Å². The second kappa shape index (κ2) is 5.69. The maximum Gasteiger partial charge on any atom is 0.221 e. The summed E-state index contributed by atoms with van der Waals surface area (Å²) in [6.07, 6.45) is 0. The van der Waals surface area contributed by atoms with E-state index >= 15 is 0 Å². The SMILES string of the molecule is CC(=O)Nc1cccc(NCc2sccc2C)c1. The summed E-state index contributed by atoms with van der Waals surface area (Å²) < 4.78 is 0. The molecule has 0 aliphatic rings. The third-order valence-electron chi connectivity index (χ3n) is 2.60. The first-order valence-corrected chi connectivity index (χ1v) is 6.67. The zero-order valence-corrected chi connectivity index (χ0v) is 11.3. The molecule has 0 radical (unpaired) electrons. The van der Waals surface area contributed by atoms with E-state index in [1.54, 1.807) is 11.3 Å². The van der Waals surface area contributed by atoms with Crippen LogP contribution in [0.3, 0.4) is 0 Å². The number of anilines is 2. The van der Waals surface area contributed by atoms with Crippen LogP contribution in [0.4, 0.5) is 11.4 Å². The van der Waals surface area contributed by atoms with Crippen LogP contribution in [-0.4, -0.2) is 5.91 Å². The molecule has 2 aromatic rings. The van der Waals surface area contributed by atoms with Gasteiger partial charge < -0.3 is 10.6 Å². The lowest BCUT2D eigenvalue weighted by Gasteiger charge is -2.08. The summed E-state index contributed by atoms with van der Waals surface area (Å²) >= 11 is 1.75. The minimum atomic E-state index is -0.0544. The highest BCUT2D eigenvalue weighted by molar-refractivity contribution is 7.10. The van der Waals surface area contributed by atoms with E-state index in [1.807, 2.05) is 24.3 Å². The second-order valence-electron chi connectivity index (χ2n) is 4.14. The Morgan fingerprint density at radius 3 is 2.72 bits per heavy atom. The summed E-state index contributed by atoms with van der Waals surface area (Å²) in [4.78, 5) is 12.3. The molecule has 0 unspecified atom stereocenters. The molecule has 1 heterocycles. The molecule has 18 heavy (non-hydrogen) atoms. The third-order valence-corrected chi connectivity index (χ3v) is 3.63. The predicted octanol–water partition coefficient (Wildman–Crippen LogP) is 3.63. The molecule has 0 saturated carbocycles. The fraction of sp³-hybridized carbons (Fsp3) is 0.214. The lowest BCUT2D eigenvalue weighted by molar-refractivity contribution is -0.114. The molecule has 0 atom stereocenters. The van der Waals surface area contributed by atoms with Gasteiger partial charge in [-0.15, -0.1) is 11.3 Å². The summed E-state index contributed by atoms with van der Waals surface area (Å²) in [7, 11) is 0. The van der Waals surface area contributed by atoms with Gasteiger partial charge in [0.1, 0.15) is 0 Å². The van der Waals surface area contributed by atoms with E-state index in [9.17, 15) is 4.79 Å². The molecule has 1 amide bonds. The molecular formula is C14H16N2OS. The van der Waals surface area contributed by atoms with Crippen LogP contribution < -0.4 is 10.6 Å². The maximum atomic E-state index is 11.0. The van der Waals surface area contributed by atoms with E-state index in [0.717, 1.165) is 17.9 Å². The van der Waals surface area contributed by atoms with Crippen molar-refractivity contribution in [1.29, 1.82) is 0 Å². The maximum absolute atomic E-state index is 11.0. The quantitative estimate of drug-likeness (QED) is 0.881. The average molecular weight is 260 g/mol. The Hall–Kier alpha value is -1.81. The number of carbonyl (C=O) groups is 1. The Labute approximate surface area is 111 Å². The average Bonchev–Trinajstić information content (AvgIpc) is 2.72. The van der Waals surface area contributed by atoms with E-state index in [0.29, 0.717) is 0 Å². The van der Waals surface area contributed by atoms with Crippen molar-refractivity contribution < 1.29 is 4.79 Å².